The van der Waals surface area contributed by atoms with Gasteiger partial charge in [0, 0.05) is 5.56 Å². The molecular formula is C17H19NO4S2. The fourth-order valence-electron chi connectivity index (χ4n) is 2.61. The van der Waals surface area contributed by atoms with E-state index in [-0.39, 0.29) is 10.8 Å². The first kappa shape index (κ1) is 17.0. The van der Waals surface area contributed by atoms with Gasteiger partial charge in [0.15, 0.2) is 5.75 Å². The fourth-order valence-corrected chi connectivity index (χ4v) is 4.67. The van der Waals surface area contributed by atoms with Crippen LogP contribution < -0.4 is 9.46 Å². The highest BCUT2D eigenvalue weighted by Crippen LogP contribution is 2.37. The molecule has 24 heavy (non-hydrogen) atoms. The molecule has 1 atom stereocenters. The Kier molecular flexibility index (Phi) is 4.93. The molecule has 0 spiro atoms. The van der Waals surface area contributed by atoms with E-state index < -0.39 is 16.1 Å². The van der Waals surface area contributed by atoms with Crippen LogP contribution in [0.4, 0.5) is 5.69 Å². The molecule has 2 aromatic rings. The van der Waals surface area contributed by atoms with E-state index in [1.54, 1.807) is 29.6 Å². The molecule has 128 valence electrons. The second kappa shape index (κ2) is 6.96. The lowest BCUT2D eigenvalue weighted by Crippen LogP contribution is -2.18. The Hall–Kier alpha value is -1.83. The summed E-state index contributed by atoms with van der Waals surface area (Å²) in [5, 5.41) is 11.6. The smallest absolute Gasteiger partial charge is 0.271 e. The van der Waals surface area contributed by atoms with Gasteiger partial charge in [-0.3, -0.25) is 4.72 Å². The molecule has 0 amide bonds. The first-order chi connectivity index (χ1) is 11.5. The third-order valence-corrected chi connectivity index (χ3v) is 6.60. The summed E-state index contributed by atoms with van der Waals surface area (Å²) in [5.41, 5.74) is 2.00. The number of sulfonamides is 1. The van der Waals surface area contributed by atoms with Crippen LogP contribution in [-0.2, 0) is 10.0 Å². The third-order valence-electron chi connectivity index (χ3n) is 3.84. The number of fused-ring (bicyclic) bond motifs is 1. The fraction of sp³-hybridized carbons (Fsp3) is 0.294. The molecule has 2 N–H and O–H groups in total. The molecule has 0 aliphatic carbocycles. The highest BCUT2D eigenvalue weighted by molar-refractivity contribution is 7.94. The molecule has 0 radical (unpaired) electrons. The number of nitrogens with one attached hydrogen (secondary N) is 1. The van der Waals surface area contributed by atoms with Gasteiger partial charge in [-0.2, -0.15) is 0 Å². The number of ether oxygens (including phenoxy) is 1. The van der Waals surface area contributed by atoms with Gasteiger partial charge in [0.05, 0.1) is 11.8 Å². The Morgan fingerprint density at radius 1 is 1.29 bits per heavy atom. The van der Waals surface area contributed by atoms with Crippen molar-refractivity contribution in [2.45, 2.75) is 29.6 Å². The minimum Gasteiger partial charge on any atom is -0.488 e. The van der Waals surface area contributed by atoms with E-state index in [1.165, 1.54) is 0 Å². The number of allylic oxidation sites excluding steroid dienone is 1. The van der Waals surface area contributed by atoms with Gasteiger partial charge in [-0.15, -0.1) is 11.3 Å². The van der Waals surface area contributed by atoms with Crippen molar-refractivity contribution < 1.29 is 18.3 Å². The third kappa shape index (κ3) is 3.63. The number of aliphatic hydroxyl groups is 1. The van der Waals surface area contributed by atoms with Crippen molar-refractivity contribution in [1.82, 2.24) is 0 Å². The molecule has 1 aliphatic heterocycles. The predicted molar refractivity (Wildman–Crippen MR) is 96.0 cm³/mol. The Morgan fingerprint density at radius 2 is 2.12 bits per heavy atom. The number of benzene rings is 1. The number of para-hydroxylation sites is 1. The van der Waals surface area contributed by atoms with Crippen molar-refractivity contribution in [1.29, 1.82) is 0 Å². The summed E-state index contributed by atoms with van der Waals surface area (Å²) in [6.07, 6.45) is 1.59. The van der Waals surface area contributed by atoms with Gasteiger partial charge in [0.2, 0.25) is 0 Å². The average molecular weight is 365 g/mol. The summed E-state index contributed by atoms with van der Waals surface area (Å²) in [5.74, 6) is 0.420. The lowest BCUT2D eigenvalue weighted by atomic mass is 10.00. The Labute approximate surface area is 145 Å². The van der Waals surface area contributed by atoms with Crippen LogP contribution in [0.2, 0.25) is 0 Å². The van der Waals surface area contributed by atoms with E-state index in [1.807, 2.05) is 6.07 Å². The monoisotopic (exact) mass is 365 g/mol. The van der Waals surface area contributed by atoms with E-state index >= 15 is 0 Å². The van der Waals surface area contributed by atoms with Crippen molar-refractivity contribution >= 4 is 32.6 Å². The molecule has 0 fully saturated rings. The second-order valence-corrected chi connectivity index (χ2v) is 8.54. The van der Waals surface area contributed by atoms with Crippen LogP contribution in [0, 0.1) is 0 Å². The van der Waals surface area contributed by atoms with Crippen LogP contribution in [-0.4, -0.2) is 26.2 Å². The normalized spacial score (nSPS) is 18.7. The molecule has 0 saturated carbocycles. The van der Waals surface area contributed by atoms with E-state index in [4.69, 9.17) is 4.74 Å². The summed E-state index contributed by atoms with van der Waals surface area (Å²) in [7, 11) is -3.67. The molecule has 0 bridgehead atoms. The highest BCUT2D eigenvalue weighted by atomic mass is 32.2. The molecule has 1 unspecified atom stereocenters. The second-order valence-electron chi connectivity index (χ2n) is 5.68. The molecule has 1 aromatic heterocycles. The quantitative estimate of drug-likeness (QED) is 0.873. The molecule has 3 rings (SSSR count). The van der Waals surface area contributed by atoms with E-state index in [0.717, 1.165) is 35.3 Å². The maximum absolute atomic E-state index is 12.5. The van der Waals surface area contributed by atoms with Crippen LogP contribution in [0.25, 0.3) is 5.57 Å². The summed E-state index contributed by atoms with van der Waals surface area (Å²) < 4.78 is 33.6. The molecule has 1 aromatic carbocycles. The zero-order valence-electron chi connectivity index (χ0n) is 13.1. The van der Waals surface area contributed by atoms with Crippen LogP contribution in [0.3, 0.4) is 0 Å². The maximum Gasteiger partial charge on any atom is 0.271 e. The SMILES string of the molecule is C=C1CCCC(O)COc2c(NS(=O)(=O)c3cccs3)cccc21. The number of hydrogen-bond donors (Lipinski definition) is 2. The Morgan fingerprint density at radius 3 is 2.88 bits per heavy atom. The molecular weight excluding hydrogens is 346 g/mol. The van der Waals surface area contributed by atoms with Crippen LogP contribution in [0.1, 0.15) is 24.8 Å². The minimum atomic E-state index is -3.67. The Balaban J connectivity index is 1.99. The van der Waals surface area contributed by atoms with Gasteiger partial charge < -0.3 is 9.84 Å². The largest absolute Gasteiger partial charge is 0.488 e. The predicted octanol–water partition coefficient (Wildman–Crippen LogP) is 3.49. The van der Waals surface area contributed by atoms with Gasteiger partial charge in [0.25, 0.3) is 10.0 Å². The van der Waals surface area contributed by atoms with Gasteiger partial charge in [-0.05, 0) is 42.3 Å². The number of thiophene rings is 1. The molecule has 0 saturated heterocycles. The molecule has 5 nitrogen and oxygen atoms in total. The molecule has 2 heterocycles. The van der Waals surface area contributed by atoms with Crippen molar-refractivity contribution in [3.63, 3.8) is 0 Å². The standard InChI is InChI=1S/C17H19NO4S2/c1-12-5-2-6-13(19)11-22-17-14(12)7-3-8-15(17)18-24(20,21)16-9-4-10-23-16/h3-4,7-10,13,18-19H,1-2,5-6,11H2. The van der Waals surface area contributed by atoms with Crippen LogP contribution in [0.5, 0.6) is 5.75 Å². The van der Waals surface area contributed by atoms with Gasteiger partial charge in [-0.25, -0.2) is 8.42 Å². The summed E-state index contributed by atoms with van der Waals surface area (Å²) >= 11 is 1.15. The van der Waals surface area contributed by atoms with E-state index in [0.29, 0.717) is 17.9 Å². The Bertz CT molecular complexity index is 828. The molecule has 1 aliphatic rings. The van der Waals surface area contributed by atoms with Crippen molar-refractivity contribution in [3.05, 3.63) is 47.9 Å². The van der Waals surface area contributed by atoms with Crippen molar-refractivity contribution in [2.75, 3.05) is 11.3 Å². The summed E-state index contributed by atoms with van der Waals surface area (Å²) in [6.45, 7) is 4.20. The summed E-state index contributed by atoms with van der Waals surface area (Å²) in [6, 6.07) is 8.52. The lowest BCUT2D eigenvalue weighted by Gasteiger charge is -2.17. The van der Waals surface area contributed by atoms with Crippen LogP contribution in [0.15, 0.2) is 46.5 Å². The number of rotatable bonds is 3. The molecule has 7 heteroatoms. The first-order valence-electron chi connectivity index (χ1n) is 7.66. The lowest BCUT2D eigenvalue weighted by molar-refractivity contribution is 0.0998. The van der Waals surface area contributed by atoms with Gasteiger partial charge in [0.1, 0.15) is 10.8 Å². The minimum absolute atomic E-state index is 0.123. The number of anilines is 1. The first-order valence-corrected chi connectivity index (χ1v) is 10.0. The zero-order valence-corrected chi connectivity index (χ0v) is 14.7. The maximum atomic E-state index is 12.5. The highest BCUT2D eigenvalue weighted by Gasteiger charge is 2.21. The van der Waals surface area contributed by atoms with Crippen molar-refractivity contribution in [3.8, 4) is 5.75 Å². The zero-order chi connectivity index (χ0) is 17.2. The number of aliphatic hydroxyl groups excluding tert-OH is 1. The van der Waals surface area contributed by atoms with Crippen LogP contribution >= 0.6 is 11.3 Å². The van der Waals surface area contributed by atoms with Gasteiger partial charge in [-0.1, -0.05) is 24.8 Å². The topological polar surface area (TPSA) is 75.6 Å². The van der Waals surface area contributed by atoms with E-state index in [2.05, 4.69) is 11.3 Å². The number of hydrogen-bond acceptors (Lipinski definition) is 5. The average Bonchev–Trinajstić information content (AvgIpc) is 3.08. The van der Waals surface area contributed by atoms with E-state index in [9.17, 15) is 13.5 Å². The van der Waals surface area contributed by atoms with Gasteiger partial charge >= 0.3 is 0 Å². The summed E-state index contributed by atoms with van der Waals surface area (Å²) in [4.78, 5) is 0. The van der Waals surface area contributed by atoms with Crippen molar-refractivity contribution in [2.24, 2.45) is 0 Å².